The van der Waals surface area contributed by atoms with E-state index in [9.17, 15) is 9.90 Å². The Morgan fingerprint density at radius 2 is 1.71 bits per heavy atom. The predicted octanol–water partition coefficient (Wildman–Crippen LogP) is 3.74. The first-order chi connectivity index (χ1) is 9.79. The third-order valence-electron chi connectivity index (χ3n) is 3.88. The van der Waals surface area contributed by atoms with Gasteiger partial charge in [-0.25, -0.2) is 0 Å². The van der Waals surface area contributed by atoms with E-state index < -0.39 is 0 Å². The van der Waals surface area contributed by atoms with Crippen LogP contribution in [-0.2, 0) is 0 Å². The molecule has 1 N–H and O–H groups in total. The molecule has 0 unspecified atom stereocenters. The summed E-state index contributed by atoms with van der Waals surface area (Å²) >= 11 is 0. The van der Waals surface area contributed by atoms with E-state index in [0.29, 0.717) is 6.42 Å². The lowest BCUT2D eigenvalue weighted by Gasteiger charge is -2.32. The van der Waals surface area contributed by atoms with Gasteiger partial charge in [0.15, 0.2) is 0 Å². The summed E-state index contributed by atoms with van der Waals surface area (Å²) in [5.41, 5.74) is 2.90. The molecule has 0 saturated heterocycles. The molecular weight excluding hydrogens is 262 g/mol. The third-order valence-corrected chi connectivity index (χ3v) is 3.88. The number of benzene rings is 1. The first-order valence-corrected chi connectivity index (χ1v) is 7.83. The van der Waals surface area contributed by atoms with Crippen LogP contribution < -0.4 is 0 Å². The Balaban J connectivity index is 3.26. The monoisotopic (exact) mass is 291 g/mol. The normalized spacial score (nSPS) is 12.8. The Labute approximate surface area is 129 Å². The second-order valence-electron chi connectivity index (χ2n) is 6.40. The van der Waals surface area contributed by atoms with Gasteiger partial charge >= 0.3 is 0 Å². The Kier molecular flexibility index (Phi) is 6.41. The standard InChI is InChI=1S/C18H29NO2/c1-12(2)19(13(3)4)18(21)17-11-14(5)7-8-16(17)15(6)9-10-20/h7-8,11-13,15,20H,9-10H2,1-6H3/t15-/m1/s1. The first-order valence-electron chi connectivity index (χ1n) is 7.83. The van der Waals surface area contributed by atoms with Crippen molar-refractivity contribution in [1.82, 2.24) is 4.90 Å². The van der Waals surface area contributed by atoms with Crippen LogP contribution in [0.2, 0.25) is 0 Å². The molecule has 0 aliphatic heterocycles. The Morgan fingerprint density at radius 1 is 1.14 bits per heavy atom. The number of hydrogen-bond donors (Lipinski definition) is 1. The average molecular weight is 291 g/mol. The summed E-state index contributed by atoms with van der Waals surface area (Å²) in [7, 11) is 0. The van der Waals surface area contributed by atoms with Crippen molar-refractivity contribution in [2.24, 2.45) is 0 Å². The van der Waals surface area contributed by atoms with Gasteiger partial charge in [0.2, 0.25) is 0 Å². The van der Waals surface area contributed by atoms with Gasteiger partial charge in [-0.05, 0) is 58.6 Å². The van der Waals surface area contributed by atoms with E-state index >= 15 is 0 Å². The molecule has 0 bridgehead atoms. The van der Waals surface area contributed by atoms with Crippen molar-refractivity contribution >= 4 is 5.91 Å². The number of carbonyl (C=O) groups is 1. The SMILES string of the molecule is Cc1ccc([C@H](C)CCO)c(C(=O)N(C(C)C)C(C)C)c1. The second-order valence-corrected chi connectivity index (χ2v) is 6.40. The molecule has 3 heteroatoms. The Morgan fingerprint density at radius 3 is 2.19 bits per heavy atom. The van der Waals surface area contributed by atoms with Crippen LogP contribution in [-0.4, -0.2) is 34.6 Å². The molecule has 0 aliphatic carbocycles. The zero-order valence-corrected chi connectivity index (χ0v) is 14.2. The van der Waals surface area contributed by atoms with Gasteiger partial charge in [-0.3, -0.25) is 4.79 Å². The molecule has 118 valence electrons. The highest BCUT2D eigenvalue weighted by atomic mass is 16.3. The fourth-order valence-corrected chi connectivity index (χ4v) is 2.84. The molecule has 0 heterocycles. The summed E-state index contributed by atoms with van der Waals surface area (Å²) in [6, 6.07) is 6.37. The molecule has 1 aromatic carbocycles. The number of amides is 1. The summed E-state index contributed by atoms with van der Waals surface area (Å²) in [5.74, 6) is 0.263. The van der Waals surface area contributed by atoms with Gasteiger partial charge in [-0.15, -0.1) is 0 Å². The van der Waals surface area contributed by atoms with E-state index in [1.54, 1.807) is 0 Å². The molecule has 0 spiro atoms. The van der Waals surface area contributed by atoms with Crippen molar-refractivity contribution < 1.29 is 9.90 Å². The van der Waals surface area contributed by atoms with Crippen molar-refractivity contribution in [1.29, 1.82) is 0 Å². The minimum absolute atomic E-state index is 0.0866. The van der Waals surface area contributed by atoms with Crippen LogP contribution in [0.15, 0.2) is 18.2 Å². The maximum atomic E-state index is 13.0. The lowest BCUT2D eigenvalue weighted by atomic mass is 9.91. The molecule has 0 aliphatic rings. The van der Waals surface area contributed by atoms with Crippen LogP contribution in [0.1, 0.15) is 68.4 Å². The van der Waals surface area contributed by atoms with Gasteiger partial charge in [-0.1, -0.05) is 24.6 Å². The van der Waals surface area contributed by atoms with E-state index in [4.69, 9.17) is 0 Å². The molecule has 0 fully saturated rings. The third kappa shape index (κ3) is 4.31. The average Bonchev–Trinajstić information content (AvgIpc) is 2.37. The number of rotatable bonds is 6. The Bertz CT molecular complexity index is 472. The summed E-state index contributed by atoms with van der Waals surface area (Å²) in [6.45, 7) is 12.4. The van der Waals surface area contributed by atoms with Crippen molar-refractivity contribution in [3.63, 3.8) is 0 Å². The van der Waals surface area contributed by atoms with Gasteiger partial charge in [0, 0.05) is 24.3 Å². The summed E-state index contributed by atoms with van der Waals surface area (Å²) < 4.78 is 0. The van der Waals surface area contributed by atoms with Gasteiger partial charge in [0.25, 0.3) is 5.91 Å². The highest BCUT2D eigenvalue weighted by Crippen LogP contribution is 2.26. The van der Waals surface area contributed by atoms with E-state index in [-0.39, 0.29) is 30.5 Å². The van der Waals surface area contributed by atoms with Crippen LogP contribution in [0.5, 0.6) is 0 Å². The van der Waals surface area contributed by atoms with E-state index in [2.05, 4.69) is 6.92 Å². The van der Waals surface area contributed by atoms with E-state index in [0.717, 1.165) is 16.7 Å². The van der Waals surface area contributed by atoms with Gasteiger partial charge < -0.3 is 10.0 Å². The molecule has 3 nitrogen and oxygen atoms in total. The maximum absolute atomic E-state index is 13.0. The van der Waals surface area contributed by atoms with Crippen molar-refractivity contribution in [3.05, 3.63) is 34.9 Å². The second kappa shape index (κ2) is 7.60. The number of aliphatic hydroxyl groups is 1. The number of aliphatic hydroxyl groups excluding tert-OH is 1. The molecule has 21 heavy (non-hydrogen) atoms. The summed E-state index contributed by atoms with van der Waals surface area (Å²) in [5, 5.41) is 9.17. The van der Waals surface area contributed by atoms with Crippen LogP contribution in [0.25, 0.3) is 0 Å². The van der Waals surface area contributed by atoms with E-state index in [1.807, 2.05) is 57.7 Å². The summed E-state index contributed by atoms with van der Waals surface area (Å²) in [6.07, 6.45) is 0.673. The van der Waals surface area contributed by atoms with Gasteiger partial charge in [-0.2, -0.15) is 0 Å². The highest BCUT2D eigenvalue weighted by molar-refractivity contribution is 5.96. The topological polar surface area (TPSA) is 40.5 Å². The molecule has 1 amide bonds. The lowest BCUT2D eigenvalue weighted by molar-refractivity contribution is 0.0641. The molecule has 1 atom stereocenters. The predicted molar refractivity (Wildman–Crippen MR) is 87.7 cm³/mol. The number of aryl methyl sites for hydroxylation is 1. The van der Waals surface area contributed by atoms with Crippen LogP contribution in [0.4, 0.5) is 0 Å². The van der Waals surface area contributed by atoms with E-state index in [1.165, 1.54) is 0 Å². The molecule has 0 saturated carbocycles. The Hall–Kier alpha value is -1.35. The fraction of sp³-hybridized carbons (Fsp3) is 0.611. The van der Waals surface area contributed by atoms with Crippen molar-refractivity contribution in [2.75, 3.05) is 6.61 Å². The molecule has 1 aromatic rings. The van der Waals surface area contributed by atoms with Crippen LogP contribution in [0, 0.1) is 6.92 Å². The molecule has 0 aromatic heterocycles. The highest BCUT2D eigenvalue weighted by Gasteiger charge is 2.25. The van der Waals surface area contributed by atoms with Crippen molar-refractivity contribution in [2.45, 2.75) is 66.0 Å². The van der Waals surface area contributed by atoms with Crippen LogP contribution in [0.3, 0.4) is 0 Å². The number of nitrogens with zero attached hydrogens (tertiary/aromatic N) is 1. The minimum atomic E-state index is 0.0866. The van der Waals surface area contributed by atoms with Crippen molar-refractivity contribution in [3.8, 4) is 0 Å². The fourth-order valence-electron chi connectivity index (χ4n) is 2.84. The quantitative estimate of drug-likeness (QED) is 0.867. The molecule has 1 rings (SSSR count). The zero-order valence-electron chi connectivity index (χ0n) is 14.2. The largest absolute Gasteiger partial charge is 0.396 e. The number of hydrogen-bond acceptors (Lipinski definition) is 2. The maximum Gasteiger partial charge on any atom is 0.254 e. The number of carbonyl (C=O) groups excluding carboxylic acids is 1. The minimum Gasteiger partial charge on any atom is -0.396 e. The zero-order chi connectivity index (χ0) is 16.2. The molecular formula is C18H29NO2. The molecule has 0 radical (unpaired) electrons. The summed E-state index contributed by atoms with van der Waals surface area (Å²) in [4.78, 5) is 14.9. The first kappa shape index (κ1) is 17.7. The smallest absolute Gasteiger partial charge is 0.254 e. The van der Waals surface area contributed by atoms with Gasteiger partial charge in [0.1, 0.15) is 0 Å². The lowest BCUT2D eigenvalue weighted by Crippen LogP contribution is -2.42. The van der Waals surface area contributed by atoms with Gasteiger partial charge in [0.05, 0.1) is 0 Å². The van der Waals surface area contributed by atoms with Crippen LogP contribution >= 0.6 is 0 Å².